The molecule has 1 aromatic heterocycles. The first kappa shape index (κ1) is 14.4. The highest BCUT2D eigenvalue weighted by Gasteiger charge is 2.28. The molecular formula is C12H19N3O3S. The molecule has 2 rings (SSSR count). The maximum Gasteiger partial charge on any atom is 0.279 e. The van der Waals surface area contributed by atoms with Gasteiger partial charge in [0.15, 0.2) is 0 Å². The molecule has 1 saturated heterocycles. The van der Waals surface area contributed by atoms with Gasteiger partial charge >= 0.3 is 0 Å². The van der Waals surface area contributed by atoms with Gasteiger partial charge in [0, 0.05) is 38.6 Å². The zero-order valence-corrected chi connectivity index (χ0v) is 11.5. The minimum absolute atomic E-state index is 0.0381. The van der Waals surface area contributed by atoms with Gasteiger partial charge in [0.2, 0.25) is 0 Å². The predicted molar refractivity (Wildman–Crippen MR) is 71.4 cm³/mol. The molecule has 1 unspecified atom stereocenters. The van der Waals surface area contributed by atoms with Crippen LogP contribution in [0, 0.1) is 5.92 Å². The lowest BCUT2D eigenvalue weighted by Crippen LogP contribution is -2.46. The van der Waals surface area contributed by atoms with E-state index in [0.717, 1.165) is 18.4 Å². The highest BCUT2D eigenvalue weighted by molar-refractivity contribution is 7.87. The topological polar surface area (TPSA) is 82.5 Å². The smallest absolute Gasteiger partial charge is 0.279 e. The van der Waals surface area contributed by atoms with Gasteiger partial charge in [-0.15, -0.1) is 0 Å². The maximum atomic E-state index is 12.1. The third-order valence-corrected chi connectivity index (χ3v) is 4.81. The fourth-order valence-electron chi connectivity index (χ4n) is 2.16. The normalized spacial score (nSPS) is 21.4. The van der Waals surface area contributed by atoms with Crippen LogP contribution in [0.1, 0.15) is 18.4 Å². The largest absolute Gasteiger partial charge is 0.396 e. The molecule has 0 amide bonds. The number of hydrogen-bond acceptors (Lipinski definition) is 4. The number of aliphatic hydroxyl groups excluding tert-OH is 1. The van der Waals surface area contributed by atoms with Crippen LogP contribution in [0.4, 0.5) is 0 Å². The second kappa shape index (κ2) is 6.42. The van der Waals surface area contributed by atoms with Crippen LogP contribution in [-0.4, -0.2) is 42.5 Å². The van der Waals surface area contributed by atoms with Crippen LogP contribution in [-0.2, 0) is 16.8 Å². The molecule has 19 heavy (non-hydrogen) atoms. The Labute approximate surface area is 113 Å². The first-order valence-electron chi connectivity index (χ1n) is 6.36. The molecule has 7 heteroatoms. The highest BCUT2D eigenvalue weighted by atomic mass is 32.2. The summed E-state index contributed by atoms with van der Waals surface area (Å²) in [6, 6.07) is 3.55. The maximum absolute atomic E-state index is 12.1. The summed E-state index contributed by atoms with van der Waals surface area (Å²) >= 11 is 0. The van der Waals surface area contributed by atoms with Crippen molar-refractivity contribution < 1.29 is 13.5 Å². The molecule has 1 aliphatic heterocycles. The summed E-state index contributed by atoms with van der Waals surface area (Å²) in [5, 5.41) is 9.13. The third kappa shape index (κ3) is 3.97. The number of pyridine rings is 1. The summed E-state index contributed by atoms with van der Waals surface area (Å²) in [5.74, 6) is 0.0475. The number of nitrogens with one attached hydrogen (secondary N) is 1. The minimum atomic E-state index is -3.47. The van der Waals surface area contributed by atoms with Gasteiger partial charge in [0.25, 0.3) is 10.2 Å². The van der Waals surface area contributed by atoms with Crippen molar-refractivity contribution in [1.29, 1.82) is 0 Å². The second-order valence-electron chi connectivity index (χ2n) is 4.73. The Morgan fingerprint density at radius 3 is 2.84 bits per heavy atom. The standard InChI is InChI=1S/C12H19N3O3S/c16-10-12-2-1-7-15(9-12)19(17,18)14-8-11-3-5-13-6-4-11/h3-6,12,14,16H,1-2,7-10H2. The van der Waals surface area contributed by atoms with Crippen molar-refractivity contribution in [3.63, 3.8) is 0 Å². The lowest BCUT2D eigenvalue weighted by atomic mass is 10.0. The van der Waals surface area contributed by atoms with E-state index in [1.165, 1.54) is 4.31 Å². The van der Waals surface area contributed by atoms with E-state index in [2.05, 4.69) is 9.71 Å². The summed E-state index contributed by atoms with van der Waals surface area (Å²) < 4.78 is 28.3. The average Bonchev–Trinajstić information content (AvgIpc) is 2.46. The number of aromatic nitrogens is 1. The Hall–Kier alpha value is -1.02. The summed E-state index contributed by atoms with van der Waals surface area (Å²) in [4.78, 5) is 3.89. The van der Waals surface area contributed by atoms with E-state index in [-0.39, 0.29) is 19.1 Å². The molecule has 0 bridgehead atoms. The monoisotopic (exact) mass is 285 g/mol. The summed E-state index contributed by atoms with van der Waals surface area (Å²) in [5.41, 5.74) is 0.870. The molecule has 6 nitrogen and oxygen atoms in total. The van der Waals surface area contributed by atoms with Crippen molar-refractivity contribution in [3.05, 3.63) is 30.1 Å². The molecule has 0 aromatic carbocycles. The van der Waals surface area contributed by atoms with E-state index in [1.54, 1.807) is 24.5 Å². The van der Waals surface area contributed by atoms with Crippen molar-refractivity contribution in [2.75, 3.05) is 19.7 Å². The Morgan fingerprint density at radius 2 is 2.16 bits per heavy atom. The molecule has 2 N–H and O–H groups in total. The molecule has 2 heterocycles. The number of rotatable bonds is 5. The highest BCUT2D eigenvalue weighted by Crippen LogP contribution is 2.18. The Bertz CT molecular complexity index is 492. The first-order chi connectivity index (χ1) is 9.12. The van der Waals surface area contributed by atoms with Crippen LogP contribution in [0.5, 0.6) is 0 Å². The SMILES string of the molecule is O=S(=O)(NCc1ccncc1)N1CCCC(CO)C1. The van der Waals surface area contributed by atoms with Gasteiger partial charge in [-0.05, 0) is 36.5 Å². The Balaban J connectivity index is 1.94. The van der Waals surface area contributed by atoms with Gasteiger partial charge in [0.1, 0.15) is 0 Å². The Kier molecular flexibility index (Phi) is 4.87. The van der Waals surface area contributed by atoms with Crippen molar-refractivity contribution in [2.45, 2.75) is 19.4 Å². The Morgan fingerprint density at radius 1 is 1.42 bits per heavy atom. The van der Waals surface area contributed by atoms with Crippen molar-refractivity contribution >= 4 is 10.2 Å². The van der Waals surface area contributed by atoms with E-state index in [0.29, 0.717) is 13.1 Å². The van der Waals surface area contributed by atoms with Crippen LogP contribution >= 0.6 is 0 Å². The summed E-state index contributed by atoms with van der Waals surface area (Å²) in [6.07, 6.45) is 4.94. The summed E-state index contributed by atoms with van der Waals surface area (Å²) in [7, 11) is -3.47. The minimum Gasteiger partial charge on any atom is -0.396 e. The van der Waals surface area contributed by atoms with Gasteiger partial charge in [-0.1, -0.05) is 0 Å². The molecule has 1 fully saturated rings. The zero-order chi connectivity index (χ0) is 13.7. The number of aliphatic hydroxyl groups is 1. The van der Waals surface area contributed by atoms with E-state index in [9.17, 15) is 8.42 Å². The number of hydrogen-bond donors (Lipinski definition) is 2. The van der Waals surface area contributed by atoms with E-state index >= 15 is 0 Å². The van der Waals surface area contributed by atoms with Crippen molar-refractivity contribution in [2.24, 2.45) is 5.92 Å². The molecule has 1 atom stereocenters. The van der Waals surface area contributed by atoms with E-state index in [1.807, 2.05) is 0 Å². The molecule has 106 valence electrons. The van der Waals surface area contributed by atoms with Gasteiger partial charge in [-0.3, -0.25) is 4.98 Å². The molecular weight excluding hydrogens is 266 g/mol. The van der Waals surface area contributed by atoms with Crippen LogP contribution in [0.2, 0.25) is 0 Å². The van der Waals surface area contributed by atoms with E-state index in [4.69, 9.17) is 5.11 Å². The van der Waals surface area contributed by atoms with Crippen molar-refractivity contribution in [3.8, 4) is 0 Å². The van der Waals surface area contributed by atoms with Gasteiger partial charge < -0.3 is 5.11 Å². The molecule has 1 aromatic rings. The van der Waals surface area contributed by atoms with Gasteiger partial charge in [-0.25, -0.2) is 0 Å². The van der Waals surface area contributed by atoms with Gasteiger partial charge in [0.05, 0.1) is 0 Å². The average molecular weight is 285 g/mol. The van der Waals surface area contributed by atoms with Crippen LogP contribution in [0.3, 0.4) is 0 Å². The molecule has 1 aliphatic rings. The van der Waals surface area contributed by atoms with Crippen LogP contribution in [0.25, 0.3) is 0 Å². The lowest BCUT2D eigenvalue weighted by molar-refractivity contribution is 0.164. The first-order valence-corrected chi connectivity index (χ1v) is 7.80. The van der Waals surface area contributed by atoms with Crippen LogP contribution < -0.4 is 4.72 Å². The molecule has 0 aliphatic carbocycles. The third-order valence-electron chi connectivity index (χ3n) is 3.29. The quantitative estimate of drug-likeness (QED) is 0.805. The number of nitrogens with zero attached hydrogens (tertiary/aromatic N) is 2. The molecule has 0 spiro atoms. The van der Waals surface area contributed by atoms with E-state index < -0.39 is 10.2 Å². The zero-order valence-electron chi connectivity index (χ0n) is 10.7. The predicted octanol–water partition coefficient (Wildman–Crippen LogP) is 0.120. The molecule has 0 radical (unpaired) electrons. The fourth-order valence-corrected chi connectivity index (χ4v) is 3.47. The second-order valence-corrected chi connectivity index (χ2v) is 6.49. The van der Waals surface area contributed by atoms with Gasteiger partial charge in [-0.2, -0.15) is 17.4 Å². The number of piperidine rings is 1. The lowest BCUT2D eigenvalue weighted by Gasteiger charge is -2.30. The molecule has 0 saturated carbocycles. The van der Waals surface area contributed by atoms with Crippen molar-refractivity contribution in [1.82, 2.24) is 14.0 Å². The van der Waals surface area contributed by atoms with Crippen LogP contribution in [0.15, 0.2) is 24.5 Å². The summed E-state index contributed by atoms with van der Waals surface area (Å²) in [6.45, 7) is 1.20. The fraction of sp³-hybridized carbons (Fsp3) is 0.583.